The van der Waals surface area contributed by atoms with Crippen molar-refractivity contribution in [3.05, 3.63) is 104 Å². The monoisotopic (exact) mass is 567 g/mol. The summed E-state index contributed by atoms with van der Waals surface area (Å²) in [4.78, 5) is 58.8. The molecule has 14 nitrogen and oxygen atoms in total. The number of rotatable bonds is 6. The fraction of sp³-hybridized carbons (Fsp3) is 0.0909. The Morgan fingerprint density at radius 2 is 0.892 bits per heavy atom. The second-order valence-electron chi connectivity index (χ2n) is 6.29. The maximum Gasteiger partial charge on any atom is 2.00 e. The number of aliphatic carboxylic acids is 2. The Hall–Kier alpha value is -4.88. The molecule has 0 aliphatic rings. The first-order valence-electron chi connectivity index (χ1n) is 9.21. The summed E-state index contributed by atoms with van der Waals surface area (Å²) >= 11 is 0. The Labute approximate surface area is 220 Å². The summed E-state index contributed by atoms with van der Waals surface area (Å²) in [6, 6.07) is 10.1. The molecule has 0 atom stereocenters. The molecule has 0 saturated heterocycles. The number of carboxylic acids is 4. The molecule has 0 saturated carbocycles. The molecule has 0 heterocycles. The summed E-state index contributed by atoms with van der Waals surface area (Å²) in [5, 5.41) is 56.9. The molecule has 2 aromatic rings. The van der Waals surface area contributed by atoms with E-state index in [2.05, 4.69) is 13.2 Å². The Morgan fingerprint density at radius 3 is 1.03 bits per heavy atom. The molecule has 0 fully saturated rings. The number of nitrogens with zero attached hydrogens (tertiary/aromatic N) is 2. The Kier molecular flexibility index (Phi) is 18.3. The van der Waals surface area contributed by atoms with E-state index in [-0.39, 0.29) is 28.2 Å². The maximum absolute atomic E-state index is 10.3. The van der Waals surface area contributed by atoms with Crippen molar-refractivity contribution in [2.24, 2.45) is 0 Å². The molecule has 37 heavy (non-hydrogen) atoms. The summed E-state index contributed by atoms with van der Waals surface area (Å²) in [6.45, 7) is 9.20. The maximum atomic E-state index is 10.3. The zero-order valence-corrected chi connectivity index (χ0v) is 20.1. The molecule has 201 valence electrons. The van der Waals surface area contributed by atoms with Gasteiger partial charge in [0.2, 0.25) is 0 Å². The zero-order valence-electron chi connectivity index (χ0n) is 19.2. The SMILES string of the molecule is C=C(C)C(=O)O.C=C(C)C(=O)O.O=C([O-])c1ccccc1[N+](=O)[O-].O=C([O-])c1ccccc1[N+](=O)[O-].[Cu+2]. The second-order valence-corrected chi connectivity index (χ2v) is 6.29. The molecule has 2 N–H and O–H groups in total. The van der Waals surface area contributed by atoms with Gasteiger partial charge in [-0.25, -0.2) is 9.59 Å². The van der Waals surface area contributed by atoms with E-state index in [1.54, 1.807) is 0 Å². The minimum atomic E-state index is -1.54. The fourth-order valence-electron chi connectivity index (χ4n) is 1.61. The molecule has 0 aliphatic carbocycles. The average Bonchev–Trinajstić information content (AvgIpc) is 2.80. The largest absolute Gasteiger partial charge is 2.00 e. The molecule has 0 amide bonds. The molecule has 0 spiro atoms. The molecule has 2 rings (SSSR count). The number of carboxylic acid groups (broad SMARTS) is 4. The summed E-state index contributed by atoms with van der Waals surface area (Å²) in [5.74, 6) is -4.95. The summed E-state index contributed by atoms with van der Waals surface area (Å²) in [7, 11) is 0. The minimum Gasteiger partial charge on any atom is -0.545 e. The number of nitro benzene ring substituents is 2. The minimum absolute atomic E-state index is 0. The standard InChI is InChI=1S/2C7H5NO4.2C4H6O2.Cu/c2*9-7(10)5-3-1-2-4-6(5)8(11)12;2*1-3(2)4(5)6;/h2*1-4H,(H,9,10);2*1H2,2H3,(H,5,6);/q;;;;+2/p-2. The van der Waals surface area contributed by atoms with E-state index >= 15 is 0 Å². The van der Waals surface area contributed by atoms with E-state index < -0.39 is 56.2 Å². The zero-order chi connectivity index (χ0) is 28.6. The van der Waals surface area contributed by atoms with Gasteiger partial charge in [-0.2, -0.15) is 0 Å². The number of aromatic carboxylic acids is 2. The predicted octanol–water partition coefficient (Wildman–Crippen LogP) is 1.21. The number of carbonyl (C=O) groups is 4. The smallest absolute Gasteiger partial charge is 0.545 e. The average molecular weight is 568 g/mol. The molecular weight excluding hydrogens is 548 g/mol. The van der Waals surface area contributed by atoms with Gasteiger partial charge in [-0.1, -0.05) is 37.4 Å². The van der Waals surface area contributed by atoms with Crippen molar-refractivity contribution in [2.45, 2.75) is 13.8 Å². The van der Waals surface area contributed by atoms with Crippen LogP contribution >= 0.6 is 0 Å². The van der Waals surface area contributed by atoms with E-state index in [0.29, 0.717) is 0 Å². The van der Waals surface area contributed by atoms with Gasteiger partial charge in [0.15, 0.2) is 0 Å². The van der Waals surface area contributed by atoms with Crippen molar-refractivity contribution in [1.29, 1.82) is 0 Å². The first kappa shape index (κ1) is 36.7. The summed E-state index contributed by atoms with van der Waals surface area (Å²) < 4.78 is 0. The Morgan fingerprint density at radius 1 is 0.676 bits per heavy atom. The Balaban J connectivity index is -0.000000436. The van der Waals surface area contributed by atoms with Gasteiger partial charge in [0.05, 0.1) is 32.9 Å². The van der Waals surface area contributed by atoms with Crippen LogP contribution in [-0.2, 0) is 26.7 Å². The molecule has 1 radical (unpaired) electrons. The van der Waals surface area contributed by atoms with Crippen molar-refractivity contribution in [3.63, 3.8) is 0 Å². The van der Waals surface area contributed by atoms with E-state index in [1.807, 2.05) is 0 Å². The normalized spacial score (nSPS) is 8.49. The van der Waals surface area contributed by atoms with Crippen molar-refractivity contribution < 1.29 is 66.5 Å². The van der Waals surface area contributed by atoms with Crippen LogP contribution in [-0.4, -0.2) is 43.9 Å². The third-order valence-electron chi connectivity index (χ3n) is 3.37. The third-order valence-corrected chi connectivity index (χ3v) is 3.37. The molecule has 2 aromatic carbocycles. The van der Waals surface area contributed by atoms with Crippen LogP contribution in [0.25, 0.3) is 0 Å². The number of carbonyl (C=O) groups excluding carboxylic acids is 2. The van der Waals surface area contributed by atoms with Crippen LogP contribution in [0.2, 0.25) is 0 Å². The van der Waals surface area contributed by atoms with Crippen molar-refractivity contribution in [1.82, 2.24) is 0 Å². The number of nitro groups is 2. The summed E-state index contributed by atoms with van der Waals surface area (Å²) in [5.41, 5.74) is -1.34. The van der Waals surface area contributed by atoms with Crippen LogP contribution in [0, 0.1) is 20.2 Å². The first-order valence-corrected chi connectivity index (χ1v) is 9.21. The predicted molar refractivity (Wildman–Crippen MR) is 120 cm³/mol. The van der Waals surface area contributed by atoms with Gasteiger partial charge in [-0.05, 0) is 26.0 Å². The van der Waals surface area contributed by atoms with Crippen LogP contribution in [0.5, 0.6) is 0 Å². The van der Waals surface area contributed by atoms with Gasteiger partial charge < -0.3 is 30.0 Å². The molecule has 0 aliphatic heterocycles. The van der Waals surface area contributed by atoms with Gasteiger partial charge >= 0.3 is 29.0 Å². The molecular formula is C22H20CuN2O12. The van der Waals surface area contributed by atoms with E-state index in [0.717, 1.165) is 24.3 Å². The van der Waals surface area contributed by atoms with Crippen LogP contribution in [0.4, 0.5) is 11.4 Å². The molecule has 0 bridgehead atoms. The van der Waals surface area contributed by atoms with Gasteiger partial charge in [-0.15, -0.1) is 0 Å². The van der Waals surface area contributed by atoms with Crippen LogP contribution in [0.15, 0.2) is 72.8 Å². The van der Waals surface area contributed by atoms with Crippen LogP contribution in [0.1, 0.15) is 34.6 Å². The molecule has 0 aromatic heterocycles. The molecule has 0 unspecified atom stereocenters. The number of hydrogen-bond acceptors (Lipinski definition) is 10. The van der Waals surface area contributed by atoms with Crippen LogP contribution < -0.4 is 10.2 Å². The van der Waals surface area contributed by atoms with Crippen LogP contribution in [0.3, 0.4) is 0 Å². The number of benzene rings is 2. The van der Waals surface area contributed by atoms with Crippen molar-refractivity contribution >= 4 is 35.3 Å². The van der Waals surface area contributed by atoms with Gasteiger partial charge in [0.25, 0.3) is 11.4 Å². The third kappa shape index (κ3) is 15.6. The van der Waals surface area contributed by atoms with Crippen molar-refractivity contribution in [2.75, 3.05) is 0 Å². The van der Waals surface area contributed by atoms with E-state index in [1.165, 1.54) is 38.1 Å². The number of hydrogen-bond donors (Lipinski definition) is 2. The topological polar surface area (TPSA) is 241 Å². The second kappa shape index (κ2) is 18.4. The van der Waals surface area contributed by atoms with Gasteiger partial charge in [0, 0.05) is 23.3 Å². The molecule has 15 heteroatoms. The first-order chi connectivity index (χ1) is 16.5. The fourth-order valence-corrected chi connectivity index (χ4v) is 1.61. The summed E-state index contributed by atoms with van der Waals surface area (Å²) in [6.07, 6.45) is 0. The quantitative estimate of drug-likeness (QED) is 0.216. The van der Waals surface area contributed by atoms with E-state index in [4.69, 9.17) is 10.2 Å². The Bertz CT molecular complexity index is 996. The number of para-hydroxylation sites is 2. The van der Waals surface area contributed by atoms with Gasteiger partial charge in [0.1, 0.15) is 0 Å². The van der Waals surface area contributed by atoms with E-state index in [9.17, 15) is 49.6 Å². The van der Waals surface area contributed by atoms with Crippen molar-refractivity contribution in [3.8, 4) is 0 Å². The van der Waals surface area contributed by atoms with Gasteiger partial charge in [-0.3, -0.25) is 20.2 Å².